The molecule has 3 atom stereocenters. The Morgan fingerprint density at radius 3 is 2.41 bits per heavy atom. The second-order valence-electron chi connectivity index (χ2n) is 9.65. The van der Waals surface area contributed by atoms with Gasteiger partial charge in [-0.1, -0.05) is 12.1 Å². The predicted octanol–water partition coefficient (Wildman–Crippen LogP) is 3.26. The molecule has 2 heterocycles. The van der Waals surface area contributed by atoms with Gasteiger partial charge in [0.1, 0.15) is 51.4 Å². The zero-order chi connectivity index (χ0) is 26.5. The van der Waals surface area contributed by atoms with E-state index in [1.807, 2.05) is 24.3 Å². The van der Waals surface area contributed by atoms with Gasteiger partial charge in [-0.15, -0.1) is 0 Å². The first kappa shape index (κ1) is 24.5. The molecule has 1 aliphatic heterocycles. The highest BCUT2D eigenvalue weighted by Gasteiger charge is 2.41. The molecule has 0 saturated heterocycles. The maximum absolute atomic E-state index is 12.9. The smallest absolute Gasteiger partial charge is 0.196 e. The van der Waals surface area contributed by atoms with Gasteiger partial charge >= 0.3 is 0 Å². The third-order valence-electron chi connectivity index (χ3n) is 6.92. The molecule has 4 aromatic rings. The van der Waals surface area contributed by atoms with Crippen molar-refractivity contribution in [2.45, 2.75) is 44.0 Å². The lowest BCUT2D eigenvalue weighted by Crippen LogP contribution is -2.49. The highest BCUT2D eigenvalue weighted by Crippen LogP contribution is 2.44. The summed E-state index contributed by atoms with van der Waals surface area (Å²) in [5, 5.41) is 52.0. The van der Waals surface area contributed by atoms with Crippen molar-refractivity contribution in [3.63, 3.8) is 0 Å². The van der Waals surface area contributed by atoms with Crippen LogP contribution in [0.25, 0.3) is 11.0 Å². The fourth-order valence-electron chi connectivity index (χ4n) is 4.73. The zero-order valence-electron chi connectivity index (χ0n) is 20.0. The number of ether oxygens (including phenoxy) is 1. The maximum Gasteiger partial charge on any atom is 0.196 e. The molecule has 0 spiro atoms. The monoisotopic (exact) mass is 505 g/mol. The minimum absolute atomic E-state index is 0.0144. The summed E-state index contributed by atoms with van der Waals surface area (Å²) in [6, 6.07) is 13.5. The summed E-state index contributed by atoms with van der Waals surface area (Å²) >= 11 is 0. The average molecular weight is 506 g/mol. The molecule has 1 aliphatic rings. The van der Waals surface area contributed by atoms with E-state index in [2.05, 4.69) is 0 Å². The van der Waals surface area contributed by atoms with Gasteiger partial charge in [0.2, 0.25) is 0 Å². The lowest BCUT2D eigenvalue weighted by Gasteiger charge is -2.40. The average Bonchev–Trinajstić information content (AvgIpc) is 2.84. The second-order valence-corrected chi connectivity index (χ2v) is 9.65. The Balaban J connectivity index is 1.50. The van der Waals surface area contributed by atoms with Gasteiger partial charge in [0.05, 0.1) is 6.10 Å². The van der Waals surface area contributed by atoms with Crippen LogP contribution in [0.4, 0.5) is 5.69 Å². The van der Waals surface area contributed by atoms with Crippen LogP contribution in [0.2, 0.25) is 0 Å². The minimum Gasteiger partial charge on any atom is -0.508 e. The van der Waals surface area contributed by atoms with Crippen LogP contribution in [0.5, 0.6) is 23.0 Å². The Labute approximate surface area is 211 Å². The molecule has 0 aliphatic carbocycles. The standard InChI is InChI=1S/C28H27NO8/c1-28(7-6-14-2-4-16(29)5-3-14)24(33)11-19-21(37-28)13-22-25(27(19)35)20(32)12-23(36-22)26(34)15-8-17(30)10-18(31)9-15/h2-5,8-10,12-13,24,26,30-31,33-35H,6-7,11,29H2,1H3/t24-,26-,28+/m1/s1. The van der Waals surface area contributed by atoms with E-state index in [9.17, 15) is 30.3 Å². The number of benzene rings is 3. The van der Waals surface area contributed by atoms with Crippen molar-refractivity contribution < 1.29 is 34.7 Å². The first-order valence-corrected chi connectivity index (χ1v) is 11.8. The molecule has 0 amide bonds. The summed E-state index contributed by atoms with van der Waals surface area (Å²) in [4.78, 5) is 12.9. The number of aliphatic hydroxyl groups is 2. The molecule has 3 aromatic carbocycles. The summed E-state index contributed by atoms with van der Waals surface area (Å²) in [7, 11) is 0. The van der Waals surface area contributed by atoms with Crippen molar-refractivity contribution in [1.29, 1.82) is 0 Å². The molecular formula is C28H27NO8. The van der Waals surface area contributed by atoms with Crippen LogP contribution in [0.3, 0.4) is 0 Å². The molecule has 37 heavy (non-hydrogen) atoms. The van der Waals surface area contributed by atoms with Gasteiger partial charge in [0.15, 0.2) is 5.43 Å². The Morgan fingerprint density at radius 2 is 1.73 bits per heavy atom. The van der Waals surface area contributed by atoms with Crippen LogP contribution in [0.15, 0.2) is 63.8 Å². The molecule has 0 unspecified atom stereocenters. The van der Waals surface area contributed by atoms with E-state index >= 15 is 0 Å². The van der Waals surface area contributed by atoms with Gasteiger partial charge in [-0.25, -0.2) is 0 Å². The topological polar surface area (TPSA) is 167 Å². The molecule has 1 aromatic heterocycles. The maximum atomic E-state index is 12.9. The number of nitrogens with two attached hydrogens (primary N) is 1. The summed E-state index contributed by atoms with van der Waals surface area (Å²) in [6.07, 6.45) is -1.25. The van der Waals surface area contributed by atoms with Crippen molar-refractivity contribution in [2.75, 3.05) is 5.73 Å². The Morgan fingerprint density at radius 1 is 1.05 bits per heavy atom. The van der Waals surface area contributed by atoms with Crippen LogP contribution in [-0.4, -0.2) is 37.2 Å². The number of hydrogen-bond donors (Lipinski definition) is 6. The third kappa shape index (κ3) is 4.54. The molecule has 5 rings (SSSR count). The van der Waals surface area contributed by atoms with Crippen LogP contribution < -0.4 is 15.9 Å². The highest BCUT2D eigenvalue weighted by atomic mass is 16.5. The van der Waals surface area contributed by atoms with Crippen LogP contribution in [-0.2, 0) is 12.8 Å². The van der Waals surface area contributed by atoms with Crippen LogP contribution in [0, 0.1) is 0 Å². The fourth-order valence-corrected chi connectivity index (χ4v) is 4.73. The fraction of sp³-hybridized carbons (Fsp3) is 0.250. The van der Waals surface area contributed by atoms with Gasteiger partial charge < -0.3 is 40.4 Å². The van der Waals surface area contributed by atoms with E-state index in [-0.39, 0.29) is 51.7 Å². The number of hydrogen-bond acceptors (Lipinski definition) is 9. The SMILES string of the molecule is C[C@@]1(CCc2ccc(N)cc2)Oc2cc3oc([C@H](O)c4cc(O)cc(O)c4)cc(=O)c3c(O)c2C[C@H]1O. The zero-order valence-corrected chi connectivity index (χ0v) is 20.0. The van der Waals surface area contributed by atoms with Crippen molar-refractivity contribution in [2.24, 2.45) is 0 Å². The highest BCUT2D eigenvalue weighted by molar-refractivity contribution is 5.87. The number of anilines is 1. The Kier molecular flexibility index (Phi) is 5.97. The second kappa shape index (κ2) is 9.02. The molecule has 9 heteroatoms. The first-order valence-electron chi connectivity index (χ1n) is 11.8. The summed E-state index contributed by atoms with van der Waals surface area (Å²) in [5.74, 6) is -0.774. The summed E-state index contributed by atoms with van der Waals surface area (Å²) < 4.78 is 12.0. The van der Waals surface area contributed by atoms with Gasteiger partial charge in [-0.05, 0) is 55.2 Å². The van der Waals surface area contributed by atoms with Crippen LogP contribution >= 0.6 is 0 Å². The van der Waals surface area contributed by atoms with E-state index in [1.54, 1.807) is 6.92 Å². The van der Waals surface area contributed by atoms with Gasteiger partial charge in [0.25, 0.3) is 0 Å². The minimum atomic E-state index is -1.47. The molecule has 0 bridgehead atoms. The van der Waals surface area contributed by atoms with Gasteiger partial charge in [-0.2, -0.15) is 0 Å². The predicted molar refractivity (Wildman–Crippen MR) is 136 cm³/mol. The third-order valence-corrected chi connectivity index (χ3v) is 6.92. The lowest BCUT2D eigenvalue weighted by atomic mass is 9.84. The molecule has 192 valence electrons. The Bertz CT molecular complexity index is 1520. The van der Waals surface area contributed by atoms with Crippen LogP contribution in [0.1, 0.15) is 41.9 Å². The van der Waals surface area contributed by atoms with Crippen molar-refractivity contribution in [3.8, 4) is 23.0 Å². The van der Waals surface area contributed by atoms with Crippen molar-refractivity contribution in [1.82, 2.24) is 0 Å². The molecule has 0 radical (unpaired) electrons. The summed E-state index contributed by atoms with van der Waals surface area (Å²) in [5.41, 5.74) is 6.25. The van der Waals surface area contributed by atoms with Crippen molar-refractivity contribution in [3.05, 3.63) is 87.3 Å². The van der Waals surface area contributed by atoms with E-state index in [4.69, 9.17) is 14.9 Å². The normalized spacial score (nSPS) is 19.8. The number of nitrogen functional groups attached to an aromatic ring is 1. The van der Waals surface area contributed by atoms with E-state index in [0.29, 0.717) is 24.1 Å². The van der Waals surface area contributed by atoms with Gasteiger partial charge in [-0.3, -0.25) is 4.79 Å². The number of fused-ring (bicyclic) bond motifs is 2. The number of aromatic hydroxyl groups is 3. The molecule has 0 fully saturated rings. The molecule has 9 nitrogen and oxygen atoms in total. The lowest BCUT2D eigenvalue weighted by molar-refractivity contribution is -0.0595. The Hall–Kier alpha value is -4.21. The van der Waals surface area contributed by atoms with E-state index < -0.39 is 23.2 Å². The molecular weight excluding hydrogens is 478 g/mol. The largest absolute Gasteiger partial charge is 0.508 e. The first-order chi connectivity index (χ1) is 17.5. The number of aryl methyl sites for hydroxylation is 1. The number of phenolic OH excluding ortho intramolecular Hbond substituents is 3. The van der Waals surface area contributed by atoms with E-state index in [1.165, 1.54) is 18.2 Å². The quantitative estimate of drug-likeness (QED) is 0.223. The number of rotatable bonds is 5. The van der Waals surface area contributed by atoms with Crippen molar-refractivity contribution >= 4 is 16.7 Å². The van der Waals surface area contributed by atoms with E-state index in [0.717, 1.165) is 17.7 Å². The van der Waals surface area contributed by atoms with Gasteiger partial charge in [0, 0.05) is 35.9 Å². The number of aliphatic hydroxyl groups excluding tert-OH is 2. The molecule has 0 saturated carbocycles. The summed E-state index contributed by atoms with van der Waals surface area (Å²) in [6.45, 7) is 1.78. The number of phenols is 3. The molecule has 7 N–H and O–H groups in total.